The third-order valence-electron chi connectivity index (χ3n) is 4.88. The first-order valence-electron chi connectivity index (χ1n) is 10.1. The average molecular weight is 463 g/mol. The van der Waals surface area contributed by atoms with Crippen LogP contribution in [-0.4, -0.2) is 21.8 Å². The van der Waals surface area contributed by atoms with Gasteiger partial charge in [-0.1, -0.05) is 35.9 Å². The number of aromatic nitrogens is 2. The summed E-state index contributed by atoms with van der Waals surface area (Å²) in [7, 11) is 0. The number of nitrogens with zero attached hydrogens (tertiary/aromatic N) is 2. The second-order valence-electron chi connectivity index (χ2n) is 7.25. The molecular weight excluding hydrogens is 443 g/mol. The number of nitrogens with one attached hydrogen (secondary N) is 2. The molecule has 1 aromatic heterocycles. The van der Waals surface area contributed by atoms with Crippen molar-refractivity contribution in [3.8, 4) is 17.0 Å². The van der Waals surface area contributed by atoms with Gasteiger partial charge in [-0.3, -0.25) is 9.89 Å². The molecule has 1 amide bonds. The highest BCUT2D eigenvalue weighted by Gasteiger charge is 2.11. The van der Waals surface area contributed by atoms with Gasteiger partial charge in [0, 0.05) is 10.6 Å². The number of hydrogen-bond donors (Lipinski definition) is 2. The summed E-state index contributed by atoms with van der Waals surface area (Å²) in [6.07, 6.45) is 0. The molecule has 0 aliphatic carbocycles. The molecular formula is C25H20ClFN4O2. The van der Waals surface area contributed by atoms with Gasteiger partial charge in [-0.15, -0.1) is 0 Å². The number of halogens is 2. The summed E-state index contributed by atoms with van der Waals surface area (Å²) in [4.78, 5) is 12.4. The highest BCUT2D eigenvalue weighted by atomic mass is 35.5. The van der Waals surface area contributed by atoms with Crippen molar-refractivity contribution in [3.63, 3.8) is 0 Å². The fraction of sp³-hybridized carbons (Fsp3) is 0.0800. The number of aromatic amines is 1. The SMILES string of the molecule is C/C(=N\NC(=O)c1cc(-c2ccc(OCc3ccc(Cl)cc3)cc2)n[nH]1)c1ccc(F)cc1. The van der Waals surface area contributed by atoms with Crippen molar-refractivity contribution in [1.29, 1.82) is 0 Å². The lowest BCUT2D eigenvalue weighted by Gasteiger charge is -2.07. The summed E-state index contributed by atoms with van der Waals surface area (Å²) in [5.41, 5.74) is 6.47. The molecule has 4 aromatic rings. The lowest BCUT2D eigenvalue weighted by atomic mass is 10.1. The van der Waals surface area contributed by atoms with Gasteiger partial charge < -0.3 is 4.74 Å². The molecule has 0 saturated heterocycles. The number of carbonyl (C=O) groups is 1. The first-order valence-corrected chi connectivity index (χ1v) is 10.5. The van der Waals surface area contributed by atoms with Crippen LogP contribution in [0.2, 0.25) is 5.02 Å². The van der Waals surface area contributed by atoms with Gasteiger partial charge >= 0.3 is 0 Å². The maximum absolute atomic E-state index is 13.0. The van der Waals surface area contributed by atoms with Crippen LogP contribution >= 0.6 is 11.6 Å². The summed E-state index contributed by atoms with van der Waals surface area (Å²) >= 11 is 5.90. The molecule has 166 valence electrons. The highest BCUT2D eigenvalue weighted by Crippen LogP contribution is 2.22. The first kappa shape index (κ1) is 22.2. The molecule has 0 unspecified atom stereocenters. The lowest BCUT2D eigenvalue weighted by Crippen LogP contribution is -2.19. The van der Waals surface area contributed by atoms with Gasteiger partial charge in [0.1, 0.15) is 23.9 Å². The smallest absolute Gasteiger partial charge is 0.289 e. The molecule has 1 heterocycles. The predicted octanol–water partition coefficient (Wildman–Crippen LogP) is 5.60. The van der Waals surface area contributed by atoms with Gasteiger partial charge in [0.25, 0.3) is 5.91 Å². The summed E-state index contributed by atoms with van der Waals surface area (Å²) in [5.74, 6) is -0.0485. The maximum Gasteiger partial charge on any atom is 0.289 e. The third-order valence-corrected chi connectivity index (χ3v) is 5.13. The zero-order chi connectivity index (χ0) is 23.2. The van der Waals surface area contributed by atoms with Crippen molar-refractivity contribution < 1.29 is 13.9 Å². The molecule has 0 bridgehead atoms. The van der Waals surface area contributed by atoms with Crippen LogP contribution in [0.5, 0.6) is 5.75 Å². The molecule has 0 spiro atoms. The molecule has 2 N–H and O–H groups in total. The van der Waals surface area contributed by atoms with Gasteiger partial charge in [0.05, 0.1) is 11.4 Å². The second-order valence-corrected chi connectivity index (χ2v) is 7.69. The van der Waals surface area contributed by atoms with E-state index >= 15 is 0 Å². The number of H-pyrrole nitrogens is 1. The molecule has 3 aromatic carbocycles. The summed E-state index contributed by atoms with van der Waals surface area (Å²) in [6, 6.07) is 22.4. The Hall–Kier alpha value is -3.97. The van der Waals surface area contributed by atoms with Gasteiger partial charge in [0.2, 0.25) is 0 Å². The third kappa shape index (κ3) is 5.84. The quantitative estimate of drug-likeness (QED) is 0.277. The van der Waals surface area contributed by atoms with E-state index in [0.29, 0.717) is 34.3 Å². The normalized spacial score (nSPS) is 11.3. The number of hydrazone groups is 1. The molecule has 8 heteroatoms. The van der Waals surface area contributed by atoms with E-state index in [1.807, 2.05) is 48.5 Å². The highest BCUT2D eigenvalue weighted by molar-refractivity contribution is 6.30. The molecule has 33 heavy (non-hydrogen) atoms. The van der Waals surface area contributed by atoms with Crippen LogP contribution < -0.4 is 10.2 Å². The van der Waals surface area contributed by atoms with E-state index in [1.165, 1.54) is 12.1 Å². The Morgan fingerprint density at radius 2 is 1.76 bits per heavy atom. The van der Waals surface area contributed by atoms with E-state index in [1.54, 1.807) is 25.1 Å². The Morgan fingerprint density at radius 1 is 1.06 bits per heavy atom. The molecule has 0 aliphatic heterocycles. The summed E-state index contributed by atoms with van der Waals surface area (Å²) < 4.78 is 18.8. The fourth-order valence-electron chi connectivity index (χ4n) is 3.01. The maximum atomic E-state index is 13.0. The van der Waals surface area contributed by atoms with Gasteiger partial charge in [-0.05, 0) is 72.6 Å². The average Bonchev–Trinajstić information content (AvgIpc) is 3.33. The minimum atomic E-state index is -0.432. The minimum Gasteiger partial charge on any atom is -0.489 e. The molecule has 0 fully saturated rings. The van der Waals surface area contributed by atoms with Gasteiger partial charge in [0.15, 0.2) is 0 Å². The zero-order valence-electron chi connectivity index (χ0n) is 17.7. The Kier molecular flexibility index (Phi) is 6.80. The largest absolute Gasteiger partial charge is 0.489 e. The predicted molar refractivity (Wildman–Crippen MR) is 126 cm³/mol. The number of carbonyl (C=O) groups excluding carboxylic acids is 1. The molecule has 0 saturated carbocycles. The van der Waals surface area contributed by atoms with E-state index in [4.69, 9.17) is 16.3 Å². The van der Waals surface area contributed by atoms with Crippen LogP contribution in [0.25, 0.3) is 11.3 Å². The Balaban J connectivity index is 1.36. The molecule has 6 nitrogen and oxygen atoms in total. The Morgan fingerprint density at radius 3 is 2.45 bits per heavy atom. The van der Waals surface area contributed by atoms with Crippen LogP contribution in [0.4, 0.5) is 4.39 Å². The van der Waals surface area contributed by atoms with Crippen molar-refractivity contribution in [2.45, 2.75) is 13.5 Å². The monoisotopic (exact) mass is 462 g/mol. The van der Waals surface area contributed by atoms with E-state index in [-0.39, 0.29) is 11.5 Å². The van der Waals surface area contributed by atoms with E-state index in [0.717, 1.165) is 11.1 Å². The van der Waals surface area contributed by atoms with Crippen LogP contribution in [0.1, 0.15) is 28.5 Å². The van der Waals surface area contributed by atoms with Crippen LogP contribution in [-0.2, 0) is 6.61 Å². The fourth-order valence-corrected chi connectivity index (χ4v) is 3.13. The van der Waals surface area contributed by atoms with E-state index < -0.39 is 5.91 Å². The van der Waals surface area contributed by atoms with Gasteiger partial charge in [-0.2, -0.15) is 10.2 Å². The van der Waals surface area contributed by atoms with Crippen molar-refractivity contribution in [3.05, 3.63) is 107 Å². The van der Waals surface area contributed by atoms with E-state index in [9.17, 15) is 9.18 Å². The van der Waals surface area contributed by atoms with Crippen LogP contribution in [0.15, 0.2) is 84.0 Å². The molecule has 0 aliphatic rings. The van der Waals surface area contributed by atoms with Gasteiger partial charge in [-0.25, -0.2) is 9.82 Å². The zero-order valence-corrected chi connectivity index (χ0v) is 18.4. The summed E-state index contributed by atoms with van der Waals surface area (Å²) in [6.45, 7) is 2.16. The first-order chi connectivity index (χ1) is 16.0. The number of hydrogen-bond acceptors (Lipinski definition) is 4. The van der Waals surface area contributed by atoms with Crippen LogP contribution in [0, 0.1) is 5.82 Å². The number of benzene rings is 3. The van der Waals surface area contributed by atoms with Crippen molar-refractivity contribution in [2.24, 2.45) is 5.10 Å². The molecule has 0 radical (unpaired) electrons. The standard InChI is InChI=1S/C25H20ClFN4O2/c1-16(18-4-10-21(27)11-5-18)28-31-25(32)24-14-23(29-30-24)19-6-12-22(13-7-19)33-15-17-2-8-20(26)9-3-17/h2-14H,15H2,1H3,(H,29,30)(H,31,32)/b28-16+. The van der Waals surface area contributed by atoms with E-state index in [2.05, 4.69) is 20.7 Å². The van der Waals surface area contributed by atoms with Crippen LogP contribution in [0.3, 0.4) is 0 Å². The van der Waals surface area contributed by atoms with Crippen molar-refractivity contribution in [1.82, 2.24) is 15.6 Å². The molecule has 4 rings (SSSR count). The molecule has 0 atom stereocenters. The number of rotatable bonds is 7. The topological polar surface area (TPSA) is 79.4 Å². The number of ether oxygens (including phenoxy) is 1. The second kappa shape index (κ2) is 10.1. The number of amides is 1. The van der Waals surface area contributed by atoms with Crippen molar-refractivity contribution in [2.75, 3.05) is 0 Å². The van der Waals surface area contributed by atoms with Crippen molar-refractivity contribution >= 4 is 23.2 Å². The Bertz CT molecular complexity index is 1270. The lowest BCUT2D eigenvalue weighted by molar-refractivity contribution is 0.0950. The summed E-state index contributed by atoms with van der Waals surface area (Å²) in [5, 5.41) is 11.7. The Labute approximate surface area is 195 Å². The minimum absolute atomic E-state index is 0.267.